The van der Waals surface area contributed by atoms with E-state index >= 15 is 0 Å². The van der Waals surface area contributed by atoms with E-state index in [4.69, 9.17) is 10.00 Å². The van der Waals surface area contributed by atoms with Crippen LogP contribution in [0.25, 0.3) is 11.3 Å². The number of carboxylic acids is 1. The monoisotopic (exact) mass is 561 g/mol. The summed E-state index contributed by atoms with van der Waals surface area (Å²) in [5, 5.41) is 23.9. The maximum atomic E-state index is 14.1. The third-order valence-electron chi connectivity index (χ3n) is 7.25. The summed E-state index contributed by atoms with van der Waals surface area (Å²) in [6, 6.07) is 14.7. The highest BCUT2D eigenvalue weighted by Crippen LogP contribution is 2.30. The summed E-state index contributed by atoms with van der Waals surface area (Å²) in [6.07, 6.45) is 3.74. The molecule has 1 unspecified atom stereocenters. The number of carboxylic acid groups (broad SMARTS) is 1. The van der Waals surface area contributed by atoms with Gasteiger partial charge in [0.2, 0.25) is 5.91 Å². The molecule has 0 saturated heterocycles. The predicted molar refractivity (Wildman–Crippen MR) is 147 cm³/mol. The van der Waals surface area contributed by atoms with E-state index in [1.54, 1.807) is 12.1 Å². The number of nitrogens with zero attached hydrogens (tertiary/aromatic N) is 2. The van der Waals surface area contributed by atoms with Crippen molar-refractivity contribution in [3.63, 3.8) is 0 Å². The number of hydrogen-bond acceptors (Lipinski definition) is 6. The lowest BCUT2D eigenvalue weighted by Gasteiger charge is -2.29. The van der Waals surface area contributed by atoms with Gasteiger partial charge < -0.3 is 25.5 Å². The van der Waals surface area contributed by atoms with Gasteiger partial charge in [-0.2, -0.15) is 5.26 Å². The first-order valence-corrected chi connectivity index (χ1v) is 13.5. The number of H-pyrrole nitrogens is 1. The average Bonchev–Trinajstić information content (AvgIpc) is 3.48. The molecule has 41 heavy (non-hydrogen) atoms. The summed E-state index contributed by atoms with van der Waals surface area (Å²) >= 11 is 0. The van der Waals surface area contributed by atoms with Crippen LogP contribution >= 0.6 is 0 Å². The van der Waals surface area contributed by atoms with Gasteiger partial charge in [0.15, 0.2) is 0 Å². The van der Waals surface area contributed by atoms with E-state index in [9.17, 15) is 23.9 Å². The first-order chi connectivity index (χ1) is 19.8. The number of rotatable bonds is 11. The van der Waals surface area contributed by atoms with E-state index in [-0.39, 0.29) is 42.8 Å². The SMILES string of the molecule is N#Cc1ccc(-c2cnc(C(CCC(=O)O)NC(=O)C3CCC(CNC(=O)OCc4ccccc4)CC3)[nH]2)cc1F. The maximum absolute atomic E-state index is 14.1. The first-order valence-electron chi connectivity index (χ1n) is 13.5. The molecule has 0 radical (unpaired) electrons. The number of nitriles is 1. The summed E-state index contributed by atoms with van der Waals surface area (Å²) in [5.74, 6) is -1.49. The molecule has 4 N–H and O–H groups in total. The van der Waals surface area contributed by atoms with Gasteiger partial charge in [-0.05, 0) is 55.7 Å². The number of carbonyl (C=O) groups is 3. The minimum Gasteiger partial charge on any atom is -0.481 e. The molecular formula is C30H32FN5O5. The Morgan fingerprint density at radius 1 is 1.15 bits per heavy atom. The zero-order valence-corrected chi connectivity index (χ0v) is 22.4. The van der Waals surface area contributed by atoms with E-state index in [0.717, 1.165) is 18.4 Å². The molecule has 10 nitrogen and oxygen atoms in total. The van der Waals surface area contributed by atoms with Gasteiger partial charge in [-0.25, -0.2) is 14.2 Å². The molecule has 1 aliphatic carbocycles. The Kier molecular flexibility index (Phi) is 10.0. The number of imidazole rings is 1. The van der Waals surface area contributed by atoms with Gasteiger partial charge in [0, 0.05) is 24.4 Å². The van der Waals surface area contributed by atoms with E-state index in [1.807, 2.05) is 30.3 Å². The molecule has 0 bridgehead atoms. The fraction of sp³-hybridized carbons (Fsp3) is 0.367. The average molecular weight is 562 g/mol. The Hall–Kier alpha value is -4.72. The van der Waals surface area contributed by atoms with Gasteiger partial charge in [0.25, 0.3) is 0 Å². The molecule has 1 aliphatic rings. The number of carbonyl (C=O) groups excluding carboxylic acids is 2. The lowest BCUT2D eigenvalue weighted by molar-refractivity contribution is -0.137. The van der Waals surface area contributed by atoms with Crippen molar-refractivity contribution < 1.29 is 28.6 Å². The molecule has 1 atom stereocenters. The van der Waals surface area contributed by atoms with Crippen molar-refractivity contribution in [3.8, 4) is 17.3 Å². The van der Waals surface area contributed by atoms with E-state index in [1.165, 1.54) is 18.3 Å². The van der Waals surface area contributed by atoms with Crippen LogP contribution in [0.4, 0.5) is 9.18 Å². The highest BCUT2D eigenvalue weighted by molar-refractivity contribution is 5.79. The molecule has 0 aliphatic heterocycles. The largest absolute Gasteiger partial charge is 0.481 e. The molecular weight excluding hydrogens is 529 g/mol. The van der Waals surface area contributed by atoms with Crippen molar-refractivity contribution in [2.24, 2.45) is 11.8 Å². The van der Waals surface area contributed by atoms with E-state index in [2.05, 4.69) is 20.6 Å². The second kappa shape index (κ2) is 14.1. The zero-order valence-electron chi connectivity index (χ0n) is 22.4. The van der Waals surface area contributed by atoms with E-state index < -0.39 is 23.9 Å². The van der Waals surface area contributed by atoms with Crippen LogP contribution in [0.5, 0.6) is 0 Å². The molecule has 3 aromatic rings. The van der Waals surface area contributed by atoms with E-state index in [0.29, 0.717) is 36.5 Å². The number of benzene rings is 2. The summed E-state index contributed by atoms with van der Waals surface area (Å²) in [6.45, 7) is 0.665. The number of aliphatic carboxylic acids is 1. The molecule has 214 valence electrons. The Morgan fingerprint density at radius 2 is 1.90 bits per heavy atom. The van der Waals surface area contributed by atoms with Crippen LogP contribution < -0.4 is 10.6 Å². The molecule has 2 amide bonds. The van der Waals surface area contributed by atoms with Gasteiger partial charge in [0.1, 0.15) is 24.3 Å². The fourth-order valence-electron chi connectivity index (χ4n) is 4.90. The van der Waals surface area contributed by atoms with Crippen LogP contribution in [0.2, 0.25) is 0 Å². The number of aromatic amines is 1. The number of amides is 2. The second-order valence-corrected chi connectivity index (χ2v) is 10.1. The van der Waals surface area contributed by atoms with Crippen LogP contribution in [0.1, 0.15) is 61.5 Å². The Balaban J connectivity index is 1.28. The Bertz CT molecular complexity index is 1400. The molecule has 1 heterocycles. The van der Waals surface area contributed by atoms with Crippen LogP contribution in [-0.4, -0.2) is 39.6 Å². The summed E-state index contributed by atoms with van der Waals surface area (Å²) < 4.78 is 19.4. The summed E-state index contributed by atoms with van der Waals surface area (Å²) in [5.41, 5.74) is 1.78. The number of alkyl carbamates (subject to hydrolysis) is 1. The second-order valence-electron chi connectivity index (χ2n) is 10.1. The number of halogens is 1. The molecule has 2 aromatic carbocycles. The standard InChI is InChI=1S/C30H32FN5O5/c31-24-14-22(10-11-23(24)15-32)26-17-33-28(35-26)25(12-13-27(37)38)36-29(39)21-8-6-19(7-9-21)16-34-30(40)41-18-20-4-2-1-3-5-20/h1-5,10-11,14,17,19,21,25H,6-9,12-13,16,18H2,(H,33,35)(H,34,40)(H,36,39)(H,37,38). The normalized spacial score (nSPS) is 17.2. The minimum absolute atomic E-state index is 0.0754. The number of aromatic nitrogens is 2. The fourth-order valence-corrected chi connectivity index (χ4v) is 4.90. The van der Waals surface area contributed by atoms with Gasteiger partial charge >= 0.3 is 12.1 Å². The van der Waals surface area contributed by atoms with Crippen molar-refractivity contribution in [1.82, 2.24) is 20.6 Å². The maximum Gasteiger partial charge on any atom is 0.407 e. The molecule has 11 heteroatoms. The van der Waals surface area contributed by atoms with Gasteiger partial charge in [-0.1, -0.05) is 36.4 Å². The smallest absolute Gasteiger partial charge is 0.407 e. The predicted octanol–water partition coefficient (Wildman–Crippen LogP) is 4.84. The molecule has 4 rings (SSSR count). The lowest BCUT2D eigenvalue weighted by Crippen LogP contribution is -2.38. The minimum atomic E-state index is -1.000. The molecule has 1 aromatic heterocycles. The zero-order chi connectivity index (χ0) is 29.2. The quantitative estimate of drug-likeness (QED) is 0.261. The lowest BCUT2D eigenvalue weighted by atomic mass is 9.81. The van der Waals surface area contributed by atoms with Crippen LogP contribution in [0, 0.1) is 29.0 Å². The Morgan fingerprint density at radius 3 is 2.59 bits per heavy atom. The molecule has 1 fully saturated rings. The third-order valence-corrected chi connectivity index (χ3v) is 7.25. The third kappa shape index (κ3) is 8.38. The van der Waals surface area contributed by atoms with Crippen LogP contribution in [-0.2, 0) is 20.9 Å². The molecule has 0 spiro atoms. The van der Waals surface area contributed by atoms with Crippen molar-refractivity contribution in [2.75, 3.05) is 6.54 Å². The van der Waals surface area contributed by atoms with Crippen LogP contribution in [0.15, 0.2) is 54.7 Å². The summed E-state index contributed by atoms with van der Waals surface area (Å²) in [7, 11) is 0. The number of ether oxygens (including phenoxy) is 1. The van der Waals surface area contributed by atoms with Gasteiger partial charge in [0.05, 0.1) is 23.5 Å². The van der Waals surface area contributed by atoms with Crippen molar-refractivity contribution >= 4 is 18.0 Å². The first kappa shape index (κ1) is 29.3. The topological polar surface area (TPSA) is 157 Å². The van der Waals surface area contributed by atoms with Crippen molar-refractivity contribution in [1.29, 1.82) is 5.26 Å². The van der Waals surface area contributed by atoms with Crippen LogP contribution in [0.3, 0.4) is 0 Å². The number of nitrogens with one attached hydrogen (secondary N) is 3. The molecule has 1 saturated carbocycles. The van der Waals surface area contributed by atoms with Crippen molar-refractivity contribution in [3.05, 3.63) is 77.5 Å². The highest BCUT2D eigenvalue weighted by Gasteiger charge is 2.29. The highest BCUT2D eigenvalue weighted by atomic mass is 19.1. The van der Waals surface area contributed by atoms with Crippen molar-refractivity contribution in [2.45, 2.75) is 51.2 Å². The summed E-state index contributed by atoms with van der Waals surface area (Å²) in [4.78, 5) is 43.8. The Labute approximate surface area is 236 Å². The van der Waals surface area contributed by atoms with Gasteiger partial charge in [-0.3, -0.25) is 9.59 Å². The number of hydrogen-bond donors (Lipinski definition) is 4. The van der Waals surface area contributed by atoms with Gasteiger partial charge in [-0.15, -0.1) is 0 Å².